The van der Waals surface area contributed by atoms with Gasteiger partial charge in [-0.15, -0.1) is 0 Å². The van der Waals surface area contributed by atoms with E-state index in [9.17, 15) is 0 Å². The molecule has 0 unspecified atom stereocenters. The van der Waals surface area contributed by atoms with Crippen LogP contribution in [0, 0.1) is 6.92 Å². The van der Waals surface area contributed by atoms with Crippen LogP contribution in [0.15, 0.2) is 52.9 Å². The maximum Gasteiger partial charge on any atom is 0.134 e. The van der Waals surface area contributed by atoms with Gasteiger partial charge in [-0.25, -0.2) is 0 Å². The molecule has 3 aromatic rings. The topological polar surface area (TPSA) is 39.2 Å². The van der Waals surface area contributed by atoms with Crippen molar-refractivity contribution in [3.8, 4) is 0 Å². The summed E-state index contributed by atoms with van der Waals surface area (Å²) in [6.07, 6.45) is 1.91. The molecule has 19 heavy (non-hydrogen) atoms. The zero-order valence-electron chi connectivity index (χ0n) is 11.0. The smallest absolute Gasteiger partial charge is 0.134 e. The molecule has 0 saturated heterocycles. The summed E-state index contributed by atoms with van der Waals surface area (Å²) in [6.45, 7) is 2.04. The molecule has 2 aromatic carbocycles. The lowest BCUT2D eigenvalue weighted by molar-refractivity contribution is 0.547. The lowest BCUT2D eigenvalue weighted by atomic mass is 10.1. The number of nitrogens with two attached hydrogens (primary N) is 1. The van der Waals surface area contributed by atoms with Gasteiger partial charge in [-0.1, -0.05) is 30.3 Å². The number of rotatable bonds is 3. The van der Waals surface area contributed by atoms with Crippen LogP contribution in [0.2, 0.25) is 0 Å². The zero-order chi connectivity index (χ0) is 13.2. The summed E-state index contributed by atoms with van der Waals surface area (Å²) in [5.74, 6) is 1.02. The van der Waals surface area contributed by atoms with Gasteiger partial charge in [-0.3, -0.25) is 0 Å². The van der Waals surface area contributed by atoms with Gasteiger partial charge in [-0.05, 0) is 42.7 Å². The van der Waals surface area contributed by atoms with Crippen LogP contribution in [0.1, 0.15) is 16.9 Å². The summed E-state index contributed by atoms with van der Waals surface area (Å²) in [5.41, 5.74) is 10.1. The molecule has 0 aliphatic rings. The molecule has 2 N–H and O–H groups in total. The third kappa shape index (κ3) is 2.34. The van der Waals surface area contributed by atoms with Crippen LogP contribution in [0.3, 0.4) is 0 Å². The van der Waals surface area contributed by atoms with E-state index in [1.807, 2.05) is 25.1 Å². The summed E-state index contributed by atoms with van der Waals surface area (Å²) in [7, 11) is 0. The van der Waals surface area contributed by atoms with E-state index < -0.39 is 0 Å². The minimum absolute atomic E-state index is 0.822. The van der Waals surface area contributed by atoms with Crippen molar-refractivity contribution < 1.29 is 4.42 Å². The Morgan fingerprint density at radius 1 is 1.00 bits per heavy atom. The lowest BCUT2D eigenvalue weighted by Gasteiger charge is -1.98. The highest BCUT2D eigenvalue weighted by molar-refractivity contribution is 5.86. The van der Waals surface area contributed by atoms with E-state index in [4.69, 9.17) is 10.2 Å². The zero-order valence-corrected chi connectivity index (χ0v) is 11.0. The average Bonchev–Trinajstić information content (AvgIpc) is 2.86. The summed E-state index contributed by atoms with van der Waals surface area (Å²) in [6, 6.07) is 16.4. The first kappa shape index (κ1) is 11.8. The van der Waals surface area contributed by atoms with Crippen LogP contribution >= 0.6 is 0 Å². The standard InChI is InChI=1S/C17H17NO/c1-12-15-11-14(19-17(15)10-9-16(12)18)8-7-13-5-3-2-4-6-13/h2-6,9-11H,7-8,18H2,1H3. The molecule has 0 radical (unpaired) electrons. The molecule has 96 valence electrons. The van der Waals surface area contributed by atoms with Crippen molar-refractivity contribution in [1.29, 1.82) is 0 Å². The SMILES string of the molecule is Cc1c(N)ccc2oc(CCc3ccccc3)cc12. The lowest BCUT2D eigenvalue weighted by Crippen LogP contribution is -1.88. The Kier molecular flexibility index (Phi) is 3.00. The normalized spacial score (nSPS) is 11.0. The fourth-order valence-electron chi connectivity index (χ4n) is 2.36. The molecule has 0 spiro atoms. The first-order chi connectivity index (χ1) is 9.24. The molecular weight excluding hydrogens is 234 g/mol. The Hall–Kier alpha value is -2.22. The van der Waals surface area contributed by atoms with E-state index in [2.05, 4.69) is 30.3 Å². The molecule has 0 amide bonds. The Morgan fingerprint density at radius 2 is 1.79 bits per heavy atom. The minimum atomic E-state index is 0.822. The van der Waals surface area contributed by atoms with Crippen LogP contribution in [-0.2, 0) is 12.8 Å². The molecule has 0 atom stereocenters. The number of nitrogen functional groups attached to an aromatic ring is 1. The van der Waals surface area contributed by atoms with Gasteiger partial charge in [0.1, 0.15) is 11.3 Å². The van der Waals surface area contributed by atoms with E-state index in [0.717, 1.165) is 40.8 Å². The predicted octanol–water partition coefficient (Wildman–Crippen LogP) is 4.11. The maximum absolute atomic E-state index is 5.92. The predicted molar refractivity (Wildman–Crippen MR) is 79.2 cm³/mol. The van der Waals surface area contributed by atoms with Gasteiger partial charge in [0, 0.05) is 17.5 Å². The summed E-state index contributed by atoms with van der Waals surface area (Å²) < 4.78 is 5.87. The van der Waals surface area contributed by atoms with Crippen LogP contribution in [-0.4, -0.2) is 0 Å². The highest BCUT2D eigenvalue weighted by atomic mass is 16.3. The van der Waals surface area contributed by atoms with Gasteiger partial charge < -0.3 is 10.2 Å². The second kappa shape index (κ2) is 4.81. The van der Waals surface area contributed by atoms with Crippen molar-refractivity contribution in [2.24, 2.45) is 0 Å². The molecule has 3 rings (SSSR count). The fraction of sp³-hybridized carbons (Fsp3) is 0.176. The van der Waals surface area contributed by atoms with Gasteiger partial charge in [0.2, 0.25) is 0 Å². The van der Waals surface area contributed by atoms with Crippen molar-refractivity contribution in [1.82, 2.24) is 0 Å². The number of hydrogen-bond acceptors (Lipinski definition) is 2. The van der Waals surface area contributed by atoms with Crippen LogP contribution in [0.25, 0.3) is 11.0 Å². The molecule has 0 fully saturated rings. The van der Waals surface area contributed by atoms with Crippen LogP contribution in [0.5, 0.6) is 0 Å². The Balaban J connectivity index is 1.84. The molecule has 0 bridgehead atoms. The van der Waals surface area contributed by atoms with E-state index in [-0.39, 0.29) is 0 Å². The van der Waals surface area contributed by atoms with Crippen molar-refractivity contribution in [2.75, 3.05) is 5.73 Å². The van der Waals surface area contributed by atoms with Crippen molar-refractivity contribution in [3.63, 3.8) is 0 Å². The van der Waals surface area contributed by atoms with Crippen LogP contribution < -0.4 is 5.73 Å². The molecule has 0 saturated carbocycles. The van der Waals surface area contributed by atoms with Crippen molar-refractivity contribution >= 4 is 16.7 Å². The first-order valence-corrected chi connectivity index (χ1v) is 6.55. The number of fused-ring (bicyclic) bond motifs is 1. The summed E-state index contributed by atoms with van der Waals surface area (Å²) in [4.78, 5) is 0. The monoisotopic (exact) mass is 251 g/mol. The minimum Gasteiger partial charge on any atom is -0.461 e. The number of anilines is 1. The second-order valence-corrected chi connectivity index (χ2v) is 4.89. The Morgan fingerprint density at radius 3 is 2.58 bits per heavy atom. The molecule has 0 aliphatic heterocycles. The van der Waals surface area contributed by atoms with E-state index in [0.29, 0.717) is 0 Å². The molecule has 0 aliphatic carbocycles. The molecule has 2 nitrogen and oxygen atoms in total. The molecule has 1 aromatic heterocycles. The second-order valence-electron chi connectivity index (χ2n) is 4.89. The van der Waals surface area contributed by atoms with Crippen molar-refractivity contribution in [2.45, 2.75) is 19.8 Å². The number of furan rings is 1. The molecular formula is C17H17NO. The molecule has 2 heteroatoms. The fourth-order valence-corrected chi connectivity index (χ4v) is 2.36. The summed E-state index contributed by atoms with van der Waals surface area (Å²) >= 11 is 0. The third-order valence-electron chi connectivity index (χ3n) is 3.57. The maximum atomic E-state index is 5.92. The van der Waals surface area contributed by atoms with Gasteiger partial charge in [0.25, 0.3) is 0 Å². The van der Waals surface area contributed by atoms with Gasteiger partial charge in [-0.2, -0.15) is 0 Å². The third-order valence-corrected chi connectivity index (χ3v) is 3.57. The van der Waals surface area contributed by atoms with Gasteiger partial charge in [0.05, 0.1) is 0 Å². The number of benzene rings is 2. The highest BCUT2D eigenvalue weighted by Gasteiger charge is 2.08. The Labute approximate surface area is 112 Å². The van der Waals surface area contributed by atoms with Gasteiger partial charge in [0.15, 0.2) is 0 Å². The number of aryl methyl sites for hydroxylation is 3. The molecule has 1 heterocycles. The largest absolute Gasteiger partial charge is 0.461 e. The van der Waals surface area contributed by atoms with E-state index in [1.54, 1.807) is 0 Å². The Bertz CT molecular complexity index is 698. The van der Waals surface area contributed by atoms with Crippen molar-refractivity contribution in [3.05, 3.63) is 65.4 Å². The highest BCUT2D eigenvalue weighted by Crippen LogP contribution is 2.27. The number of hydrogen-bond donors (Lipinski definition) is 1. The quantitative estimate of drug-likeness (QED) is 0.711. The summed E-state index contributed by atoms with van der Waals surface area (Å²) in [5, 5.41) is 1.13. The average molecular weight is 251 g/mol. The van der Waals surface area contributed by atoms with Crippen LogP contribution in [0.4, 0.5) is 5.69 Å². The van der Waals surface area contributed by atoms with E-state index >= 15 is 0 Å². The first-order valence-electron chi connectivity index (χ1n) is 6.55. The van der Waals surface area contributed by atoms with E-state index in [1.165, 1.54) is 5.56 Å². The van der Waals surface area contributed by atoms with Gasteiger partial charge >= 0.3 is 0 Å².